The highest BCUT2D eigenvalue weighted by Crippen LogP contribution is 2.25. The van der Waals surface area contributed by atoms with Crippen LogP contribution >= 0.6 is 46.0 Å². The van der Waals surface area contributed by atoms with E-state index in [-0.39, 0.29) is 4.90 Å². The summed E-state index contributed by atoms with van der Waals surface area (Å²) in [5, 5.41) is 9.78. The molecule has 2 aromatic carbocycles. The van der Waals surface area contributed by atoms with Gasteiger partial charge in [0.2, 0.25) is 10.0 Å². The number of nitrogens with one attached hydrogen (secondary N) is 1. The molecule has 6 nitrogen and oxygen atoms in total. The van der Waals surface area contributed by atoms with Gasteiger partial charge in [0.05, 0.1) is 10.9 Å². The quantitative estimate of drug-likeness (QED) is 0.313. The first-order valence-corrected chi connectivity index (χ1v) is 12.8. The summed E-state index contributed by atoms with van der Waals surface area (Å²) in [6, 6.07) is 13.8. The van der Waals surface area contributed by atoms with Crippen LogP contribution in [0.2, 0.25) is 5.02 Å². The van der Waals surface area contributed by atoms with E-state index in [0.29, 0.717) is 17.4 Å². The lowest BCUT2D eigenvalue weighted by atomic mass is 10.2. The Morgan fingerprint density at radius 2 is 1.93 bits per heavy atom. The zero-order valence-corrected chi connectivity index (χ0v) is 20.4. The summed E-state index contributed by atoms with van der Waals surface area (Å²) in [5.74, 6) is 1.34. The molecule has 3 rings (SSSR count). The van der Waals surface area contributed by atoms with Gasteiger partial charge in [0.15, 0.2) is 11.0 Å². The van der Waals surface area contributed by atoms with Gasteiger partial charge in [-0.3, -0.25) is 0 Å². The van der Waals surface area contributed by atoms with Crippen molar-refractivity contribution in [3.05, 3.63) is 68.5 Å². The highest BCUT2D eigenvalue weighted by Gasteiger charge is 2.23. The van der Waals surface area contributed by atoms with Crippen LogP contribution in [0.1, 0.15) is 31.3 Å². The van der Waals surface area contributed by atoms with Crippen molar-refractivity contribution in [3.8, 4) is 0 Å². The highest BCUT2D eigenvalue weighted by atomic mass is 127. The van der Waals surface area contributed by atoms with Crippen molar-refractivity contribution >= 4 is 56.0 Å². The summed E-state index contributed by atoms with van der Waals surface area (Å²) in [5.41, 5.74) is 1.20. The summed E-state index contributed by atoms with van der Waals surface area (Å²) in [4.78, 5) is 0.157. The van der Waals surface area contributed by atoms with E-state index in [0.717, 1.165) is 10.9 Å². The molecule has 0 aliphatic carbocycles. The van der Waals surface area contributed by atoms with Gasteiger partial charge in [-0.1, -0.05) is 35.5 Å². The van der Waals surface area contributed by atoms with Crippen LogP contribution in [0.5, 0.6) is 0 Å². The van der Waals surface area contributed by atoms with E-state index in [9.17, 15) is 8.42 Å². The summed E-state index contributed by atoms with van der Waals surface area (Å²) in [6.07, 6.45) is 0. The van der Waals surface area contributed by atoms with Gasteiger partial charge in [-0.25, -0.2) is 13.1 Å². The molecule has 10 heteroatoms. The fourth-order valence-electron chi connectivity index (χ4n) is 2.77. The smallest absolute Gasteiger partial charge is 0.241 e. The minimum Gasteiger partial charge on any atom is -0.305 e. The molecule has 0 aliphatic heterocycles. The molecule has 0 fully saturated rings. The third kappa shape index (κ3) is 5.72. The van der Waals surface area contributed by atoms with Crippen LogP contribution in [-0.2, 0) is 22.3 Å². The maximum Gasteiger partial charge on any atom is 0.241 e. The van der Waals surface area contributed by atoms with E-state index in [2.05, 4.69) is 55.7 Å². The number of nitrogens with zero attached hydrogens (tertiary/aromatic N) is 3. The fourth-order valence-corrected chi connectivity index (χ4v) is 5.65. The summed E-state index contributed by atoms with van der Waals surface area (Å²) >= 11 is 9.72. The Morgan fingerprint density at radius 1 is 1.21 bits per heavy atom. The molecule has 29 heavy (non-hydrogen) atoms. The van der Waals surface area contributed by atoms with Crippen LogP contribution < -0.4 is 4.72 Å². The summed E-state index contributed by atoms with van der Waals surface area (Å²) in [7, 11) is -3.70. The molecule has 0 radical (unpaired) electrons. The molecule has 1 atom stereocenters. The SMILES string of the molecule is CCn1c(SCc2cccc(I)c2)nnc1C(C)NS(=O)(=O)c1ccc(Cl)cc1. The molecule has 3 aromatic rings. The second-order valence-electron chi connectivity index (χ2n) is 6.30. The monoisotopic (exact) mass is 562 g/mol. The second kappa shape index (κ2) is 9.78. The van der Waals surface area contributed by atoms with Crippen LogP contribution in [-0.4, -0.2) is 23.2 Å². The lowest BCUT2D eigenvalue weighted by Gasteiger charge is -2.15. The number of benzene rings is 2. The molecule has 1 unspecified atom stereocenters. The van der Waals surface area contributed by atoms with Crippen molar-refractivity contribution in [2.75, 3.05) is 0 Å². The normalized spacial score (nSPS) is 12.8. The van der Waals surface area contributed by atoms with Crippen LogP contribution in [0.3, 0.4) is 0 Å². The largest absolute Gasteiger partial charge is 0.305 e. The number of aromatic nitrogens is 3. The molecule has 1 aromatic heterocycles. The second-order valence-corrected chi connectivity index (χ2v) is 10.6. The van der Waals surface area contributed by atoms with Gasteiger partial charge in [-0.2, -0.15) is 0 Å². The topological polar surface area (TPSA) is 76.9 Å². The first-order chi connectivity index (χ1) is 13.8. The molecular formula is C19H20ClIN4O2S2. The standard InChI is InChI=1S/C19H20ClIN4O2S2/c1-3-25-18(13(2)24-29(26,27)17-9-7-15(20)8-10-17)22-23-19(25)28-12-14-5-4-6-16(21)11-14/h4-11,13,24H,3,12H2,1-2H3. The first-order valence-electron chi connectivity index (χ1n) is 8.88. The molecule has 1 N–H and O–H groups in total. The van der Waals surface area contributed by atoms with Crippen molar-refractivity contribution in [1.29, 1.82) is 0 Å². The maximum atomic E-state index is 12.7. The first kappa shape index (κ1) is 22.5. The lowest BCUT2D eigenvalue weighted by molar-refractivity contribution is 0.539. The Balaban J connectivity index is 1.75. The zero-order chi connectivity index (χ0) is 21.0. The van der Waals surface area contributed by atoms with Gasteiger partial charge in [0, 0.05) is 20.9 Å². The van der Waals surface area contributed by atoms with Crippen LogP contribution in [0, 0.1) is 3.57 Å². The van der Waals surface area contributed by atoms with Gasteiger partial charge in [0.25, 0.3) is 0 Å². The Labute approximate surface area is 193 Å². The van der Waals surface area contributed by atoms with Gasteiger partial charge < -0.3 is 4.57 Å². The summed E-state index contributed by atoms with van der Waals surface area (Å²) < 4.78 is 31.1. The van der Waals surface area contributed by atoms with E-state index in [1.165, 1.54) is 21.3 Å². The van der Waals surface area contributed by atoms with Crippen molar-refractivity contribution in [1.82, 2.24) is 19.5 Å². The Kier molecular flexibility index (Phi) is 7.60. The lowest BCUT2D eigenvalue weighted by Crippen LogP contribution is -2.29. The predicted molar refractivity (Wildman–Crippen MR) is 125 cm³/mol. The number of hydrogen-bond donors (Lipinski definition) is 1. The molecule has 1 heterocycles. The molecule has 0 bridgehead atoms. The van der Waals surface area contributed by atoms with Crippen molar-refractivity contribution < 1.29 is 8.42 Å². The van der Waals surface area contributed by atoms with E-state index < -0.39 is 16.1 Å². The minimum absolute atomic E-state index is 0.157. The van der Waals surface area contributed by atoms with Crippen molar-refractivity contribution in [2.45, 2.75) is 42.2 Å². The summed E-state index contributed by atoms with van der Waals surface area (Å²) in [6.45, 7) is 4.39. The molecular weight excluding hydrogens is 543 g/mol. The average molecular weight is 563 g/mol. The molecule has 0 saturated carbocycles. The van der Waals surface area contributed by atoms with Gasteiger partial charge in [-0.15, -0.1) is 10.2 Å². The molecule has 0 spiro atoms. The van der Waals surface area contributed by atoms with E-state index in [1.54, 1.807) is 30.8 Å². The average Bonchev–Trinajstić information content (AvgIpc) is 3.09. The van der Waals surface area contributed by atoms with E-state index in [1.807, 2.05) is 17.6 Å². The third-order valence-electron chi connectivity index (χ3n) is 4.16. The Hall–Kier alpha value is -1.14. The van der Waals surface area contributed by atoms with Gasteiger partial charge >= 0.3 is 0 Å². The number of sulfonamides is 1. The minimum atomic E-state index is -3.70. The Morgan fingerprint density at radius 3 is 2.59 bits per heavy atom. The molecule has 0 amide bonds. The number of hydrogen-bond acceptors (Lipinski definition) is 5. The number of halogens is 2. The van der Waals surface area contributed by atoms with Crippen molar-refractivity contribution in [3.63, 3.8) is 0 Å². The Bertz CT molecular complexity index is 1090. The van der Waals surface area contributed by atoms with Crippen molar-refractivity contribution in [2.24, 2.45) is 0 Å². The van der Waals surface area contributed by atoms with Crippen LogP contribution in [0.25, 0.3) is 0 Å². The van der Waals surface area contributed by atoms with E-state index >= 15 is 0 Å². The third-order valence-corrected chi connectivity index (χ3v) is 7.68. The van der Waals surface area contributed by atoms with Crippen LogP contribution in [0.4, 0.5) is 0 Å². The van der Waals surface area contributed by atoms with Gasteiger partial charge in [-0.05, 0) is 78.4 Å². The van der Waals surface area contributed by atoms with E-state index in [4.69, 9.17) is 11.6 Å². The fraction of sp³-hybridized carbons (Fsp3) is 0.263. The number of thioether (sulfide) groups is 1. The highest BCUT2D eigenvalue weighted by molar-refractivity contribution is 14.1. The maximum absolute atomic E-state index is 12.7. The molecule has 0 saturated heterocycles. The predicted octanol–water partition coefficient (Wildman–Crippen LogP) is 4.89. The zero-order valence-electron chi connectivity index (χ0n) is 15.8. The molecule has 154 valence electrons. The van der Waals surface area contributed by atoms with Gasteiger partial charge in [0.1, 0.15) is 0 Å². The molecule has 0 aliphatic rings. The number of rotatable bonds is 8. The van der Waals surface area contributed by atoms with Crippen LogP contribution in [0.15, 0.2) is 58.6 Å².